The standard InChI is InChI=1S/C13H16N2O/c1-16-11-2-3-12-10(6-11)7-13-9(8-14)4-5-15(12)13/h2-3,6-7,9H,4-5,8,14H2,1H3. The number of ether oxygens (including phenoxy) is 1. The average molecular weight is 216 g/mol. The van der Waals surface area contributed by atoms with Crippen molar-refractivity contribution in [1.29, 1.82) is 0 Å². The Hall–Kier alpha value is -1.48. The predicted molar refractivity (Wildman–Crippen MR) is 64.9 cm³/mol. The summed E-state index contributed by atoms with van der Waals surface area (Å²) in [5.41, 5.74) is 8.47. The molecule has 0 bridgehead atoms. The molecule has 1 aliphatic rings. The molecule has 2 N–H and O–H groups in total. The second-order valence-corrected chi connectivity index (χ2v) is 4.37. The monoisotopic (exact) mass is 216 g/mol. The van der Waals surface area contributed by atoms with Gasteiger partial charge in [-0.3, -0.25) is 0 Å². The summed E-state index contributed by atoms with van der Waals surface area (Å²) in [5.74, 6) is 1.44. The van der Waals surface area contributed by atoms with Crippen LogP contribution in [0.4, 0.5) is 0 Å². The molecule has 3 heteroatoms. The largest absolute Gasteiger partial charge is 0.497 e. The number of nitrogens with two attached hydrogens (primary N) is 1. The van der Waals surface area contributed by atoms with Gasteiger partial charge in [-0.1, -0.05) is 0 Å². The van der Waals surface area contributed by atoms with Gasteiger partial charge >= 0.3 is 0 Å². The highest BCUT2D eigenvalue weighted by molar-refractivity contribution is 5.83. The Bertz CT molecular complexity index is 530. The van der Waals surface area contributed by atoms with Crippen molar-refractivity contribution in [2.75, 3.05) is 13.7 Å². The van der Waals surface area contributed by atoms with E-state index in [1.54, 1.807) is 7.11 Å². The number of rotatable bonds is 2. The fourth-order valence-corrected chi connectivity index (χ4v) is 2.66. The number of hydrogen-bond acceptors (Lipinski definition) is 2. The Morgan fingerprint density at radius 2 is 2.31 bits per heavy atom. The number of fused-ring (bicyclic) bond motifs is 3. The number of benzene rings is 1. The molecule has 0 saturated heterocycles. The van der Waals surface area contributed by atoms with Crippen LogP contribution in [0.3, 0.4) is 0 Å². The summed E-state index contributed by atoms with van der Waals surface area (Å²) in [6.45, 7) is 1.83. The minimum atomic E-state index is 0.526. The molecule has 1 aromatic carbocycles. The van der Waals surface area contributed by atoms with Crippen LogP contribution < -0.4 is 10.5 Å². The Labute approximate surface area is 94.8 Å². The van der Waals surface area contributed by atoms with E-state index in [1.807, 2.05) is 6.07 Å². The molecule has 1 atom stereocenters. The van der Waals surface area contributed by atoms with E-state index in [4.69, 9.17) is 10.5 Å². The van der Waals surface area contributed by atoms with Crippen molar-refractivity contribution in [2.24, 2.45) is 5.73 Å². The lowest BCUT2D eigenvalue weighted by atomic mass is 10.0. The van der Waals surface area contributed by atoms with E-state index in [1.165, 1.54) is 23.0 Å². The normalized spacial score (nSPS) is 19.0. The minimum absolute atomic E-state index is 0.526. The van der Waals surface area contributed by atoms with E-state index in [0.29, 0.717) is 5.92 Å². The molecule has 1 aromatic heterocycles. The van der Waals surface area contributed by atoms with Gasteiger partial charge in [0, 0.05) is 35.6 Å². The highest BCUT2D eigenvalue weighted by Crippen LogP contribution is 2.34. The molecule has 0 aliphatic carbocycles. The zero-order valence-electron chi connectivity index (χ0n) is 9.44. The number of nitrogens with zero attached hydrogens (tertiary/aromatic N) is 1. The van der Waals surface area contributed by atoms with Gasteiger partial charge in [-0.2, -0.15) is 0 Å². The van der Waals surface area contributed by atoms with Gasteiger partial charge in [0.05, 0.1) is 7.11 Å². The second kappa shape index (κ2) is 3.52. The molecule has 1 aliphatic heterocycles. The Balaban J connectivity index is 2.18. The first-order chi connectivity index (χ1) is 7.83. The maximum Gasteiger partial charge on any atom is 0.119 e. The topological polar surface area (TPSA) is 40.2 Å². The van der Waals surface area contributed by atoms with Crippen LogP contribution in [-0.2, 0) is 6.54 Å². The maximum atomic E-state index is 5.79. The van der Waals surface area contributed by atoms with E-state index >= 15 is 0 Å². The fourth-order valence-electron chi connectivity index (χ4n) is 2.66. The van der Waals surface area contributed by atoms with Crippen molar-refractivity contribution >= 4 is 10.9 Å². The van der Waals surface area contributed by atoms with Crippen molar-refractivity contribution < 1.29 is 4.74 Å². The molecule has 0 spiro atoms. The zero-order chi connectivity index (χ0) is 11.1. The third-order valence-corrected chi connectivity index (χ3v) is 3.54. The number of methoxy groups -OCH3 is 1. The maximum absolute atomic E-state index is 5.79. The van der Waals surface area contributed by atoms with E-state index in [9.17, 15) is 0 Å². The molecule has 0 amide bonds. The smallest absolute Gasteiger partial charge is 0.119 e. The molecule has 16 heavy (non-hydrogen) atoms. The van der Waals surface area contributed by atoms with Crippen LogP contribution in [-0.4, -0.2) is 18.2 Å². The van der Waals surface area contributed by atoms with Crippen molar-refractivity contribution in [3.63, 3.8) is 0 Å². The van der Waals surface area contributed by atoms with Gasteiger partial charge < -0.3 is 15.0 Å². The molecule has 0 fully saturated rings. The van der Waals surface area contributed by atoms with Crippen LogP contribution in [0.15, 0.2) is 24.3 Å². The van der Waals surface area contributed by atoms with Crippen LogP contribution in [0.1, 0.15) is 18.0 Å². The van der Waals surface area contributed by atoms with Crippen LogP contribution in [0.5, 0.6) is 5.75 Å². The zero-order valence-corrected chi connectivity index (χ0v) is 9.44. The summed E-state index contributed by atoms with van der Waals surface area (Å²) in [6, 6.07) is 8.50. The van der Waals surface area contributed by atoms with Crippen molar-refractivity contribution in [3.05, 3.63) is 30.0 Å². The molecular weight excluding hydrogens is 200 g/mol. The molecule has 0 radical (unpaired) electrons. The van der Waals surface area contributed by atoms with E-state index in [2.05, 4.69) is 22.8 Å². The highest BCUT2D eigenvalue weighted by Gasteiger charge is 2.23. The van der Waals surface area contributed by atoms with E-state index < -0.39 is 0 Å². The van der Waals surface area contributed by atoms with Crippen LogP contribution in [0, 0.1) is 0 Å². The SMILES string of the molecule is COc1ccc2c(c1)cc1n2CCC1CN. The van der Waals surface area contributed by atoms with Gasteiger partial charge in [-0.05, 0) is 30.7 Å². The van der Waals surface area contributed by atoms with E-state index in [-0.39, 0.29) is 0 Å². The van der Waals surface area contributed by atoms with Gasteiger partial charge in [0.15, 0.2) is 0 Å². The summed E-state index contributed by atoms with van der Waals surface area (Å²) < 4.78 is 7.62. The summed E-state index contributed by atoms with van der Waals surface area (Å²) in [5, 5.41) is 1.26. The first-order valence-electron chi connectivity index (χ1n) is 5.70. The molecule has 0 saturated carbocycles. The third kappa shape index (κ3) is 1.25. The van der Waals surface area contributed by atoms with Crippen molar-refractivity contribution in [2.45, 2.75) is 18.9 Å². The Kier molecular flexibility index (Phi) is 2.14. The number of aromatic nitrogens is 1. The van der Waals surface area contributed by atoms with Gasteiger partial charge in [0.1, 0.15) is 5.75 Å². The highest BCUT2D eigenvalue weighted by atomic mass is 16.5. The lowest BCUT2D eigenvalue weighted by Gasteiger charge is -2.03. The molecular formula is C13H16N2O. The van der Waals surface area contributed by atoms with Crippen LogP contribution >= 0.6 is 0 Å². The number of aryl methyl sites for hydroxylation is 1. The Morgan fingerprint density at radius 3 is 3.06 bits per heavy atom. The molecule has 2 aromatic rings. The quantitative estimate of drug-likeness (QED) is 0.835. The molecule has 3 nitrogen and oxygen atoms in total. The molecule has 3 rings (SSSR count). The van der Waals surface area contributed by atoms with Crippen molar-refractivity contribution in [1.82, 2.24) is 4.57 Å². The van der Waals surface area contributed by atoms with Crippen LogP contribution in [0.25, 0.3) is 10.9 Å². The average Bonchev–Trinajstić information content (AvgIpc) is 2.85. The molecule has 84 valence electrons. The minimum Gasteiger partial charge on any atom is -0.497 e. The molecule has 1 unspecified atom stereocenters. The first-order valence-corrected chi connectivity index (χ1v) is 5.70. The fraction of sp³-hybridized carbons (Fsp3) is 0.385. The van der Waals surface area contributed by atoms with Gasteiger partial charge in [0.25, 0.3) is 0 Å². The Morgan fingerprint density at radius 1 is 1.44 bits per heavy atom. The van der Waals surface area contributed by atoms with Gasteiger partial charge in [-0.15, -0.1) is 0 Å². The third-order valence-electron chi connectivity index (χ3n) is 3.54. The molecule has 2 heterocycles. The van der Waals surface area contributed by atoms with E-state index in [0.717, 1.165) is 18.8 Å². The van der Waals surface area contributed by atoms with Crippen molar-refractivity contribution in [3.8, 4) is 5.75 Å². The summed E-state index contributed by atoms with van der Waals surface area (Å²) in [7, 11) is 1.70. The second-order valence-electron chi connectivity index (χ2n) is 4.37. The summed E-state index contributed by atoms with van der Waals surface area (Å²) in [6.07, 6.45) is 1.17. The van der Waals surface area contributed by atoms with Gasteiger partial charge in [-0.25, -0.2) is 0 Å². The predicted octanol–water partition coefficient (Wildman–Crippen LogP) is 2.10. The summed E-state index contributed by atoms with van der Waals surface area (Å²) >= 11 is 0. The lowest BCUT2D eigenvalue weighted by molar-refractivity contribution is 0.415. The summed E-state index contributed by atoms with van der Waals surface area (Å²) in [4.78, 5) is 0. The lowest BCUT2D eigenvalue weighted by Crippen LogP contribution is -2.08. The number of hydrogen-bond donors (Lipinski definition) is 1. The van der Waals surface area contributed by atoms with Gasteiger partial charge in [0.2, 0.25) is 0 Å². The van der Waals surface area contributed by atoms with Crippen LogP contribution in [0.2, 0.25) is 0 Å². The first kappa shape index (κ1) is 9.73.